The van der Waals surface area contributed by atoms with Crippen molar-refractivity contribution in [2.45, 2.75) is 5.92 Å². The molecule has 0 aromatic heterocycles. The Bertz CT molecular complexity index is 756. The minimum Gasteiger partial charge on any atom is -0.292 e. The lowest BCUT2D eigenvalue weighted by Crippen LogP contribution is -2.13. The zero-order valence-electron chi connectivity index (χ0n) is 10.4. The van der Waals surface area contributed by atoms with E-state index in [1.165, 1.54) is 24.3 Å². The van der Waals surface area contributed by atoms with Crippen molar-refractivity contribution in [2.75, 3.05) is 0 Å². The van der Waals surface area contributed by atoms with Crippen molar-refractivity contribution in [1.82, 2.24) is 0 Å². The summed E-state index contributed by atoms with van der Waals surface area (Å²) < 4.78 is 26.9. The van der Waals surface area contributed by atoms with Crippen molar-refractivity contribution >= 4 is 29.0 Å². The highest BCUT2D eigenvalue weighted by atomic mass is 35.5. The van der Waals surface area contributed by atoms with E-state index < -0.39 is 23.3 Å². The Morgan fingerprint density at radius 1 is 1.14 bits per heavy atom. The number of rotatable bonds is 3. The molecule has 1 unspecified atom stereocenters. The molecule has 0 bridgehead atoms. The van der Waals surface area contributed by atoms with Crippen LogP contribution >= 0.6 is 23.2 Å². The lowest BCUT2D eigenvalue weighted by Gasteiger charge is -2.11. The standard InChI is InChI=1S/C15H7Cl2F2NO/c16-12-3-1-2-10(14(12)19)15(21)11(7-20)9-5-4-8(18)6-13(9)17/h1-6,11H. The fraction of sp³-hybridized carbons (Fsp3) is 0.0667. The third-order valence-electron chi connectivity index (χ3n) is 2.88. The number of ketones is 1. The number of nitrogens with zero attached hydrogens (tertiary/aromatic N) is 1. The number of carbonyl (C=O) groups is 1. The van der Waals surface area contributed by atoms with Crippen LogP contribution in [0.3, 0.4) is 0 Å². The highest BCUT2D eigenvalue weighted by molar-refractivity contribution is 6.32. The van der Waals surface area contributed by atoms with Crippen LogP contribution < -0.4 is 0 Å². The van der Waals surface area contributed by atoms with Crippen molar-refractivity contribution in [3.05, 3.63) is 69.2 Å². The molecular formula is C15H7Cl2F2NO. The third-order valence-corrected chi connectivity index (χ3v) is 3.50. The van der Waals surface area contributed by atoms with Crippen LogP contribution in [0.5, 0.6) is 0 Å². The molecule has 0 saturated heterocycles. The normalized spacial score (nSPS) is 11.8. The molecule has 6 heteroatoms. The van der Waals surface area contributed by atoms with E-state index in [1.54, 1.807) is 6.07 Å². The van der Waals surface area contributed by atoms with Crippen LogP contribution in [0.15, 0.2) is 36.4 Å². The predicted molar refractivity (Wildman–Crippen MR) is 75.5 cm³/mol. The smallest absolute Gasteiger partial charge is 0.187 e. The van der Waals surface area contributed by atoms with Crippen molar-refractivity contribution < 1.29 is 13.6 Å². The van der Waals surface area contributed by atoms with Gasteiger partial charge in [-0.3, -0.25) is 4.79 Å². The summed E-state index contributed by atoms with van der Waals surface area (Å²) in [6.45, 7) is 0. The Kier molecular flexibility index (Phi) is 4.56. The second-order valence-electron chi connectivity index (χ2n) is 4.19. The maximum absolute atomic E-state index is 13.9. The van der Waals surface area contributed by atoms with Gasteiger partial charge in [-0.25, -0.2) is 8.78 Å². The fourth-order valence-corrected chi connectivity index (χ4v) is 2.31. The van der Waals surface area contributed by atoms with E-state index in [0.29, 0.717) is 0 Å². The van der Waals surface area contributed by atoms with Gasteiger partial charge in [0.1, 0.15) is 11.7 Å². The number of hydrogen-bond acceptors (Lipinski definition) is 2. The van der Waals surface area contributed by atoms with Crippen molar-refractivity contribution in [3.63, 3.8) is 0 Å². The van der Waals surface area contributed by atoms with E-state index >= 15 is 0 Å². The van der Waals surface area contributed by atoms with E-state index in [1.807, 2.05) is 0 Å². The lowest BCUT2D eigenvalue weighted by molar-refractivity contribution is 0.0975. The minimum absolute atomic E-state index is 0.0719. The van der Waals surface area contributed by atoms with Gasteiger partial charge in [0.25, 0.3) is 0 Å². The van der Waals surface area contributed by atoms with Crippen LogP contribution in [-0.2, 0) is 0 Å². The molecule has 106 valence electrons. The maximum atomic E-state index is 13.9. The number of halogens is 4. The second kappa shape index (κ2) is 6.21. The molecule has 0 radical (unpaired) electrons. The lowest BCUT2D eigenvalue weighted by atomic mass is 9.91. The molecule has 0 heterocycles. The van der Waals surface area contributed by atoms with E-state index in [4.69, 9.17) is 23.2 Å². The first-order valence-corrected chi connectivity index (χ1v) is 6.54. The summed E-state index contributed by atoms with van der Waals surface area (Å²) in [5.74, 6) is -3.62. The molecular weight excluding hydrogens is 319 g/mol. The second-order valence-corrected chi connectivity index (χ2v) is 5.01. The van der Waals surface area contributed by atoms with Gasteiger partial charge in [0.05, 0.1) is 16.7 Å². The van der Waals surface area contributed by atoms with Gasteiger partial charge in [-0.05, 0) is 29.8 Å². The van der Waals surface area contributed by atoms with Crippen LogP contribution in [0.2, 0.25) is 10.0 Å². The molecule has 0 aliphatic rings. The van der Waals surface area contributed by atoms with Crippen LogP contribution in [0.4, 0.5) is 8.78 Å². The quantitative estimate of drug-likeness (QED) is 0.763. The molecule has 1 atom stereocenters. The molecule has 2 aromatic carbocycles. The largest absolute Gasteiger partial charge is 0.292 e. The van der Waals surface area contributed by atoms with Gasteiger partial charge in [-0.2, -0.15) is 5.26 Å². The van der Waals surface area contributed by atoms with Crippen LogP contribution in [0.1, 0.15) is 21.8 Å². The molecule has 2 rings (SSSR count). The van der Waals surface area contributed by atoms with Gasteiger partial charge in [-0.15, -0.1) is 0 Å². The Morgan fingerprint density at radius 2 is 1.86 bits per heavy atom. The topological polar surface area (TPSA) is 40.9 Å². The average Bonchev–Trinajstić information content (AvgIpc) is 2.44. The number of benzene rings is 2. The molecule has 21 heavy (non-hydrogen) atoms. The number of nitriles is 1. The fourth-order valence-electron chi connectivity index (χ4n) is 1.85. The van der Waals surface area contributed by atoms with Crippen LogP contribution in [0, 0.1) is 23.0 Å². The molecule has 0 saturated carbocycles. The van der Waals surface area contributed by atoms with Gasteiger partial charge < -0.3 is 0 Å². The van der Waals surface area contributed by atoms with Crippen molar-refractivity contribution in [1.29, 1.82) is 5.26 Å². The van der Waals surface area contributed by atoms with Gasteiger partial charge in [-0.1, -0.05) is 35.3 Å². The monoisotopic (exact) mass is 325 g/mol. The summed E-state index contributed by atoms with van der Waals surface area (Å²) >= 11 is 11.5. The summed E-state index contributed by atoms with van der Waals surface area (Å²) in [7, 11) is 0. The van der Waals surface area contributed by atoms with E-state index in [-0.39, 0.29) is 21.2 Å². The van der Waals surface area contributed by atoms with Crippen LogP contribution in [0.25, 0.3) is 0 Å². The number of hydrogen-bond donors (Lipinski definition) is 0. The summed E-state index contributed by atoms with van der Waals surface area (Å²) in [4.78, 5) is 12.3. The van der Waals surface area contributed by atoms with Crippen molar-refractivity contribution in [3.8, 4) is 6.07 Å². The molecule has 0 amide bonds. The molecule has 2 aromatic rings. The Balaban J connectivity index is 2.49. The van der Waals surface area contributed by atoms with E-state index in [9.17, 15) is 18.8 Å². The molecule has 0 spiro atoms. The first-order chi connectivity index (χ1) is 9.95. The number of Topliss-reactive ketones (excluding diaryl/α,β-unsaturated/α-hetero) is 1. The molecule has 0 N–H and O–H groups in total. The maximum Gasteiger partial charge on any atom is 0.187 e. The van der Waals surface area contributed by atoms with Gasteiger partial charge >= 0.3 is 0 Å². The van der Waals surface area contributed by atoms with Crippen LogP contribution in [-0.4, -0.2) is 5.78 Å². The van der Waals surface area contributed by atoms with E-state index in [0.717, 1.165) is 12.1 Å². The zero-order chi connectivity index (χ0) is 15.6. The first-order valence-electron chi connectivity index (χ1n) is 5.78. The van der Waals surface area contributed by atoms with Gasteiger partial charge in [0.2, 0.25) is 0 Å². The average molecular weight is 326 g/mol. The summed E-state index contributed by atoms with van der Waals surface area (Å²) in [6.07, 6.45) is 0. The Morgan fingerprint density at radius 3 is 2.48 bits per heavy atom. The Hall–Kier alpha value is -1.96. The van der Waals surface area contributed by atoms with Gasteiger partial charge in [0.15, 0.2) is 11.6 Å². The third kappa shape index (κ3) is 3.05. The molecule has 0 aliphatic carbocycles. The molecule has 0 aliphatic heterocycles. The summed E-state index contributed by atoms with van der Waals surface area (Å²) in [6, 6.07) is 8.97. The molecule has 0 fully saturated rings. The Labute approximate surface area is 129 Å². The highest BCUT2D eigenvalue weighted by Gasteiger charge is 2.27. The van der Waals surface area contributed by atoms with Gasteiger partial charge in [0, 0.05) is 5.02 Å². The zero-order valence-corrected chi connectivity index (χ0v) is 11.9. The van der Waals surface area contributed by atoms with E-state index in [2.05, 4.69) is 0 Å². The molecule has 2 nitrogen and oxygen atoms in total. The van der Waals surface area contributed by atoms with Crippen molar-refractivity contribution in [2.24, 2.45) is 0 Å². The minimum atomic E-state index is -1.34. The summed E-state index contributed by atoms with van der Waals surface area (Å²) in [5, 5.41) is 8.89. The SMILES string of the molecule is N#CC(C(=O)c1cccc(Cl)c1F)c1ccc(F)cc1Cl. The highest BCUT2D eigenvalue weighted by Crippen LogP contribution is 2.29. The number of carbonyl (C=O) groups excluding carboxylic acids is 1. The summed E-state index contributed by atoms with van der Waals surface area (Å²) in [5.41, 5.74) is -0.195. The first kappa shape index (κ1) is 15.4. The predicted octanol–water partition coefficient (Wildman–Crippen LogP) is 4.76.